The SMILES string of the molecule is N#CCc1ccc(NC(=O)COC(=O)COc2ccc(C#N)cc2)cc1. The molecule has 7 nitrogen and oxygen atoms in total. The predicted octanol–water partition coefficient (Wildman–Crippen LogP) is 2.19. The number of hydrogen-bond acceptors (Lipinski definition) is 6. The Morgan fingerprint density at radius 3 is 2.27 bits per heavy atom. The molecule has 0 bridgehead atoms. The number of nitrogens with one attached hydrogen (secondary N) is 1. The third kappa shape index (κ3) is 5.99. The minimum absolute atomic E-state index is 0.297. The number of hydrogen-bond donors (Lipinski definition) is 1. The Hall–Kier alpha value is -3.84. The van der Waals surface area contributed by atoms with Gasteiger partial charge < -0.3 is 14.8 Å². The van der Waals surface area contributed by atoms with Crippen LogP contribution >= 0.6 is 0 Å². The molecule has 7 heteroatoms. The summed E-state index contributed by atoms with van der Waals surface area (Å²) in [6.45, 7) is -0.780. The first-order chi connectivity index (χ1) is 12.6. The van der Waals surface area contributed by atoms with Crippen LogP contribution in [0.5, 0.6) is 5.75 Å². The zero-order valence-corrected chi connectivity index (χ0v) is 13.8. The summed E-state index contributed by atoms with van der Waals surface area (Å²) in [6.07, 6.45) is 0.297. The van der Waals surface area contributed by atoms with Crippen molar-refractivity contribution in [2.45, 2.75) is 6.42 Å². The van der Waals surface area contributed by atoms with Crippen LogP contribution < -0.4 is 10.1 Å². The maximum Gasteiger partial charge on any atom is 0.344 e. The number of nitrogens with zero attached hydrogens (tertiary/aromatic N) is 2. The largest absolute Gasteiger partial charge is 0.482 e. The number of rotatable bonds is 7. The van der Waals surface area contributed by atoms with E-state index in [1.165, 1.54) is 0 Å². The van der Waals surface area contributed by atoms with Crippen molar-refractivity contribution in [2.24, 2.45) is 0 Å². The molecule has 0 aliphatic rings. The molecular weight excluding hydrogens is 334 g/mol. The van der Waals surface area contributed by atoms with E-state index in [4.69, 9.17) is 20.0 Å². The van der Waals surface area contributed by atoms with Crippen LogP contribution in [0.3, 0.4) is 0 Å². The summed E-state index contributed by atoms with van der Waals surface area (Å²) in [5, 5.41) is 19.9. The number of amides is 1. The van der Waals surface area contributed by atoms with Gasteiger partial charge >= 0.3 is 5.97 Å². The van der Waals surface area contributed by atoms with E-state index in [0.29, 0.717) is 23.4 Å². The lowest BCUT2D eigenvalue weighted by Crippen LogP contribution is -2.23. The second kappa shape index (κ2) is 9.45. The smallest absolute Gasteiger partial charge is 0.344 e. The molecule has 26 heavy (non-hydrogen) atoms. The van der Waals surface area contributed by atoms with Crippen LogP contribution in [-0.4, -0.2) is 25.1 Å². The van der Waals surface area contributed by atoms with E-state index >= 15 is 0 Å². The van der Waals surface area contributed by atoms with Crippen molar-refractivity contribution < 1.29 is 19.1 Å². The second-order valence-electron chi connectivity index (χ2n) is 5.17. The van der Waals surface area contributed by atoms with Gasteiger partial charge in [-0.15, -0.1) is 0 Å². The fourth-order valence-electron chi connectivity index (χ4n) is 1.95. The highest BCUT2D eigenvalue weighted by Crippen LogP contribution is 2.12. The first kappa shape index (κ1) is 18.5. The van der Waals surface area contributed by atoms with Gasteiger partial charge in [0.2, 0.25) is 0 Å². The van der Waals surface area contributed by atoms with Gasteiger partial charge in [0, 0.05) is 5.69 Å². The average molecular weight is 349 g/mol. The standard InChI is InChI=1S/C19H15N3O4/c20-10-9-14-1-5-16(6-2-14)22-18(23)12-26-19(24)13-25-17-7-3-15(11-21)4-8-17/h1-8H,9,12-13H2,(H,22,23). The molecule has 0 aliphatic carbocycles. The molecule has 130 valence electrons. The van der Waals surface area contributed by atoms with E-state index in [1.54, 1.807) is 48.5 Å². The van der Waals surface area contributed by atoms with E-state index in [0.717, 1.165) is 5.56 Å². The molecule has 0 saturated heterocycles. The van der Waals surface area contributed by atoms with Crippen LogP contribution in [0.4, 0.5) is 5.69 Å². The van der Waals surface area contributed by atoms with E-state index < -0.39 is 18.5 Å². The number of nitriles is 2. The van der Waals surface area contributed by atoms with Gasteiger partial charge in [0.05, 0.1) is 24.1 Å². The Labute approximate surface area is 150 Å². The van der Waals surface area contributed by atoms with Crippen LogP contribution in [0, 0.1) is 22.7 Å². The highest BCUT2D eigenvalue weighted by molar-refractivity contribution is 5.92. The summed E-state index contributed by atoms with van der Waals surface area (Å²) in [4.78, 5) is 23.4. The van der Waals surface area contributed by atoms with E-state index in [9.17, 15) is 9.59 Å². The van der Waals surface area contributed by atoms with Crippen molar-refractivity contribution in [1.82, 2.24) is 0 Å². The Balaban J connectivity index is 1.71. The van der Waals surface area contributed by atoms with Crippen LogP contribution in [0.2, 0.25) is 0 Å². The zero-order valence-electron chi connectivity index (χ0n) is 13.8. The van der Waals surface area contributed by atoms with Gasteiger partial charge in [-0.25, -0.2) is 4.79 Å². The fourth-order valence-corrected chi connectivity index (χ4v) is 1.95. The monoisotopic (exact) mass is 349 g/mol. The molecule has 0 radical (unpaired) electrons. The van der Waals surface area contributed by atoms with Crippen molar-refractivity contribution >= 4 is 17.6 Å². The first-order valence-electron chi connectivity index (χ1n) is 7.65. The molecule has 2 rings (SSSR count). The number of esters is 1. The normalized spacial score (nSPS) is 9.46. The van der Waals surface area contributed by atoms with Crippen molar-refractivity contribution in [3.63, 3.8) is 0 Å². The summed E-state index contributed by atoms with van der Waals surface area (Å²) in [6, 6.07) is 17.1. The summed E-state index contributed by atoms with van der Waals surface area (Å²) in [5.74, 6) is -0.749. The third-order valence-electron chi connectivity index (χ3n) is 3.23. The summed E-state index contributed by atoms with van der Waals surface area (Å²) >= 11 is 0. The molecule has 1 N–H and O–H groups in total. The van der Waals surface area contributed by atoms with E-state index in [2.05, 4.69) is 5.32 Å². The third-order valence-corrected chi connectivity index (χ3v) is 3.23. The topological polar surface area (TPSA) is 112 Å². The maximum absolute atomic E-state index is 11.8. The lowest BCUT2D eigenvalue weighted by molar-refractivity contribution is -0.149. The van der Waals surface area contributed by atoms with Gasteiger partial charge in [-0.1, -0.05) is 12.1 Å². The Bertz CT molecular complexity index is 846. The quantitative estimate of drug-likeness (QED) is 0.767. The van der Waals surface area contributed by atoms with Gasteiger partial charge in [0.15, 0.2) is 13.2 Å². The molecular formula is C19H15N3O4. The minimum Gasteiger partial charge on any atom is -0.482 e. The van der Waals surface area contributed by atoms with E-state index in [1.807, 2.05) is 12.1 Å². The summed E-state index contributed by atoms with van der Waals surface area (Å²) < 4.78 is 10.0. The lowest BCUT2D eigenvalue weighted by atomic mass is 10.1. The van der Waals surface area contributed by atoms with Gasteiger partial charge in [-0.2, -0.15) is 10.5 Å². The molecule has 0 aliphatic heterocycles. The van der Waals surface area contributed by atoms with Gasteiger partial charge in [0.25, 0.3) is 5.91 Å². The molecule has 0 spiro atoms. The average Bonchev–Trinajstić information content (AvgIpc) is 2.67. The van der Waals surface area contributed by atoms with Crippen molar-refractivity contribution in [2.75, 3.05) is 18.5 Å². The van der Waals surface area contributed by atoms with Crippen LogP contribution in [0.15, 0.2) is 48.5 Å². The molecule has 1 amide bonds. The summed E-state index contributed by atoms with van der Waals surface area (Å²) in [5.41, 5.74) is 1.87. The molecule has 2 aromatic carbocycles. The number of anilines is 1. The summed E-state index contributed by atoms with van der Waals surface area (Å²) in [7, 11) is 0. The van der Waals surface area contributed by atoms with Crippen molar-refractivity contribution in [3.05, 3.63) is 59.7 Å². The van der Waals surface area contributed by atoms with Crippen LogP contribution in [0.25, 0.3) is 0 Å². The molecule has 0 fully saturated rings. The lowest BCUT2D eigenvalue weighted by Gasteiger charge is -2.08. The first-order valence-corrected chi connectivity index (χ1v) is 7.65. The number of carbonyl (C=O) groups is 2. The number of carbonyl (C=O) groups excluding carboxylic acids is 2. The Morgan fingerprint density at radius 2 is 1.65 bits per heavy atom. The molecule has 2 aromatic rings. The van der Waals surface area contributed by atoms with Gasteiger partial charge in [0.1, 0.15) is 5.75 Å². The van der Waals surface area contributed by atoms with Gasteiger partial charge in [-0.05, 0) is 42.0 Å². The Morgan fingerprint density at radius 1 is 0.962 bits per heavy atom. The number of ether oxygens (including phenoxy) is 2. The maximum atomic E-state index is 11.8. The highest BCUT2D eigenvalue weighted by atomic mass is 16.6. The second-order valence-corrected chi connectivity index (χ2v) is 5.17. The molecule has 0 heterocycles. The molecule has 0 saturated carbocycles. The minimum atomic E-state index is -0.686. The number of benzene rings is 2. The van der Waals surface area contributed by atoms with Crippen LogP contribution in [-0.2, 0) is 20.7 Å². The van der Waals surface area contributed by atoms with E-state index in [-0.39, 0.29) is 6.61 Å². The van der Waals surface area contributed by atoms with Crippen molar-refractivity contribution in [3.8, 4) is 17.9 Å². The molecule has 0 unspecified atom stereocenters. The Kier molecular flexibility index (Phi) is 6.73. The fraction of sp³-hybridized carbons (Fsp3) is 0.158. The molecule has 0 atom stereocenters. The predicted molar refractivity (Wildman–Crippen MR) is 92.0 cm³/mol. The van der Waals surface area contributed by atoms with Crippen molar-refractivity contribution in [1.29, 1.82) is 10.5 Å². The molecule has 0 aromatic heterocycles. The van der Waals surface area contributed by atoms with Crippen LogP contribution in [0.1, 0.15) is 11.1 Å². The highest BCUT2D eigenvalue weighted by Gasteiger charge is 2.09. The van der Waals surface area contributed by atoms with Gasteiger partial charge in [-0.3, -0.25) is 4.79 Å². The zero-order chi connectivity index (χ0) is 18.8.